The highest BCUT2D eigenvalue weighted by molar-refractivity contribution is 9.10. The number of sulfonamides is 1. The maximum Gasteiger partial charge on any atom is 0.264 e. The van der Waals surface area contributed by atoms with Gasteiger partial charge in [-0.15, -0.1) is 0 Å². The van der Waals surface area contributed by atoms with Crippen molar-refractivity contribution in [1.29, 1.82) is 0 Å². The van der Waals surface area contributed by atoms with Crippen LogP contribution in [0.4, 0.5) is 10.1 Å². The van der Waals surface area contributed by atoms with E-state index in [0.717, 1.165) is 17.2 Å². The van der Waals surface area contributed by atoms with Gasteiger partial charge in [0, 0.05) is 15.6 Å². The Kier molecular flexibility index (Phi) is 10.7. The first-order valence-electron chi connectivity index (χ1n) is 12.6. The molecule has 0 aliphatic heterocycles. The molecule has 4 aromatic carbocycles. The number of ether oxygens (including phenoxy) is 2. The number of halogens is 4. The second kappa shape index (κ2) is 14.2. The summed E-state index contributed by atoms with van der Waals surface area (Å²) in [7, 11) is -2.82. The van der Waals surface area contributed by atoms with E-state index in [2.05, 4.69) is 26.5 Å². The first-order valence-corrected chi connectivity index (χ1v) is 15.6. The van der Waals surface area contributed by atoms with E-state index >= 15 is 0 Å². The lowest BCUT2D eigenvalue weighted by atomic mass is 10.2. The van der Waals surface area contributed by atoms with Crippen LogP contribution in [0.2, 0.25) is 10.0 Å². The minimum Gasteiger partial charge on any atom is -0.493 e. The minimum absolute atomic E-state index is 0.0877. The molecule has 0 saturated heterocycles. The molecule has 0 spiro atoms. The summed E-state index contributed by atoms with van der Waals surface area (Å²) in [6, 6.07) is 19.7. The number of hydrogen-bond donors (Lipinski definition) is 1. The first kappa shape index (κ1) is 32.3. The molecule has 0 unspecified atom stereocenters. The standard InChI is InChI=1S/C30H25BrCl2FN3O5S/c1-19-7-11-23(12-8-19)43(39,40)37(27-6-4-3-5-26(27)34)17-29(38)36-35-16-20-13-24(31)30(28(14-20)41-2)42-18-21-9-10-22(32)15-25(21)33/h3-16H,17-18H2,1-2H3,(H,36,38)/b35-16-. The number of anilines is 1. The van der Waals surface area contributed by atoms with E-state index in [0.29, 0.717) is 35.9 Å². The van der Waals surface area contributed by atoms with Crippen LogP contribution in [-0.4, -0.2) is 34.2 Å². The Morgan fingerprint density at radius 2 is 1.79 bits per heavy atom. The van der Waals surface area contributed by atoms with Crippen molar-refractivity contribution in [3.05, 3.63) is 116 Å². The third-order valence-electron chi connectivity index (χ3n) is 6.06. The van der Waals surface area contributed by atoms with E-state index in [1.165, 1.54) is 43.7 Å². The molecule has 1 amide bonds. The molecule has 224 valence electrons. The molecule has 43 heavy (non-hydrogen) atoms. The lowest BCUT2D eigenvalue weighted by Crippen LogP contribution is -2.40. The Morgan fingerprint density at radius 1 is 1.07 bits per heavy atom. The summed E-state index contributed by atoms with van der Waals surface area (Å²) >= 11 is 15.7. The van der Waals surface area contributed by atoms with Gasteiger partial charge in [-0.2, -0.15) is 5.10 Å². The normalized spacial score (nSPS) is 11.4. The van der Waals surface area contributed by atoms with Gasteiger partial charge in [-0.05, 0) is 76.9 Å². The molecule has 4 rings (SSSR count). The predicted octanol–water partition coefficient (Wildman–Crippen LogP) is 7.14. The first-order chi connectivity index (χ1) is 20.5. The Balaban J connectivity index is 1.49. The van der Waals surface area contributed by atoms with Crippen LogP contribution < -0.4 is 19.2 Å². The van der Waals surface area contributed by atoms with E-state index in [-0.39, 0.29) is 17.2 Å². The van der Waals surface area contributed by atoms with Crippen molar-refractivity contribution >= 4 is 67.0 Å². The van der Waals surface area contributed by atoms with Crippen molar-refractivity contribution in [1.82, 2.24) is 5.43 Å². The maximum atomic E-state index is 14.7. The van der Waals surface area contributed by atoms with Gasteiger partial charge in [0.2, 0.25) is 0 Å². The topological polar surface area (TPSA) is 97.3 Å². The molecule has 0 atom stereocenters. The molecular weight excluding hydrogens is 684 g/mol. The summed E-state index contributed by atoms with van der Waals surface area (Å²) in [5, 5.41) is 4.92. The molecule has 0 saturated carbocycles. The Morgan fingerprint density at radius 3 is 2.47 bits per heavy atom. The number of methoxy groups -OCH3 is 1. The van der Waals surface area contributed by atoms with Crippen molar-refractivity contribution in [2.75, 3.05) is 18.0 Å². The summed E-state index contributed by atoms with van der Waals surface area (Å²) in [5.41, 5.74) is 4.13. The Labute approximate surface area is 267 Å². The molecule has 1 N–H and O–H groups in total. The summed E-state index contributed by atoms with van der Waals surface area (Å²) in [6.07, 6.45) is 1.34. The van der Waals surface area contributed by atoms with Crippen molar-refractivity contribution in [3.63, 3.8) is 0 Å². The number of aryl methyl sites for hydroxylation is 1. The van der Waals surface area contributed by atoms with E-state index in [9.17, 15) is 17.6 Å². The number of nitrogens with one attached hydrogen (secondary N) is 1. The number of benzene rings is 4. The fraction of sp³-hybridized carbons (Fsp3) is 0.133. The van der Waals surface area contributed by atoms with E-state index in [1.54, 1.807) is 42.5 Å². The summed E-state index contributed by atoms with van der Waals surface area (Å²) in [4.78, 5) is 12.8. The highest BCUT2D eigenvalue weighted by Gasteiger charge is 2.29. The van der Waals surface area contributed by atoms with Crippen LogP contribution in [0.5, 0.6) is 11.5 Å². The van der Waals surface area contributed by atoms with E-state index in [4.69, 9.17) is 32.7 Å². The number of carbonyl (C=O) groups is 1. The summed E-state index contributed by atoms with van der Waals surface area (Å²) < 4.78 is 54.2. The van der Waals surface area contributed by atoms with E-state index in [1.807, 2.05) is 6.92 Å². The second-order valence-electron chi connectivity index (χ2n) is 9.13. The SMILES string of the molecule is COc1cc(/C=N\NC(=O)CN(c2ccccc2F)S(=O)(=O)c2ccc(C)cc2)cc(Br)c1OCc1ccc(Cl)cc1Cl. The van der Waals surface area contributed by atoms with Gasteiger partial charge in [-0.3, -0.25) is 9.10 Å². The predicted molar refractivity (Wildman–Crippen MR) is 169 cm³/mol. The number of rotatable bonds is 11. The number of hydrogen-bond acceptors (Lipinski definition) is 6. The highest BCUT2D eigenvalue weighted by Crippen LogP contribution is 2.37. The van der Waals surface area contributed by atoms with Crippen LogP contribution in [0, 0.1) is 12.7 Å². The third-order valence-corrected chi connectivity index (χ3v) is 9.01. The van der Waals surface area contributed by atoms with Gasteiger partial charge in [0.25, 0.3) is 15.9 Å². The molecule has 0 aromatic heterocycles. The number of carbonyl (C=O) groups excluding carboxylic acids is 1. The van der Waals surface area contributed by atoms with Gasteiger partial charge in [0.1, 0.15) is 19.0 Å². The molecule has 8 nitrogen and oxygen atoms in total. The van der Waals surface area contributed by atoms with Gasteiger partial charge in [-0.25, -0.2) is 18.2 Å². The van der Waals surface area contributed by atoms with Crippen LogP contribution in [-0.2, 0) is 21.4 Å². The number of amides is 1. The van der Waals surface area contributed by atoms with E-state index < -0.39 is 28.3 Å². The average molecular weight is 709 g/mol. The molecular formula is C30H25BrCl2FN3O5S. The molecule has 0 aliphatic rings. The number of hydrazone groups is 1. The van der Waals surface area contributed by atoms with Gasteiger partial charge < -0.3 is 9.47 Å². The van der Waals surface area contributed by atoms with Gasteiger partial charge in [-0.1, -0.05) is 59.1 Å². The van der Waals surface area contributed by atoms with Crippen molar-refractivity contribution in [3.8, 4) is 11.5 Å². The van der Waals surface area contributed by atoms with Crippen LogP contribution in [0.15, 0.2) is 93.3 Å². The lowest BCUT2D eigenvalue weighted by molar-refractivity contribution is -0.119. The molecule has 4 aromatic rings. The molecule has 0 heterocycles. The van der Waals surface area contributed by atoms with Crippen LogP contribution in [0.3, 0.4) is 0 Å². The third kappa shape index (κ3) is 8.05. The molecule has 0 aliphatic carbocycles. The number of nitrogens with zero attached hydrogens (tertiary/aromatic N) is 2. The van der Waals surface area contributed by atoms with Crippen LogP contribution >= 0.6 is 39.1 Å². The average Bonchev–Trinajstić information content (AvgIpc) is 2.96. The maximum absolute atomic E-state index is 14.7. The smallest absolute Gasteiger partial charge is 0.264 e. The van der Waals surface area contributed by atoms with Gasteiger partial charge >= 0.3 is 0 Å². The van der Waals surface area contributed by atoms with Crippen molar-refractivity contribution in [2.45, 2.75) is 18.4 Å². The largest absolute Gasteiger partial charge is 0.493 e. The van der Waals surface area contributed by atoms with Crippen LogP contribution in [0.25, 0.3) is 0 Å². The quantitative estimate of drug-likeness (QED) is 0.132. The zero-order valence-corrected chi connectivity index (χ0v) is 26.8. The Hall–Kier alpha value is -3.64. The summed E-state index contributed by atoms with van der Waals surface area (Å²) in [5.74, 6) is -0.799. The zero-order valence-electron chi connectivity index (χ0n) is 22.9. The molecule has 0 radical (unpaired) electrons. The number of para-hydroxylation sites is 1. The molecule has 0 bridgehead atoms. The lowest BCUT2D eigenvalue weighted by Gasteiger charge is -2.24. The minimum atomic E-state index is -4.29. The molecule has 0 fully saturated rings. The highest BCUT2D eigenvalue weighted by atomic mass is 79.9. The van der Waals surface area contributed by atoms with Crippen molar-refractivity contribution in [2.24, 2.45) is 5.10 Å². The van der Waals surface area contributed by atoms with Crippen molar-refractivity contribution < 1.29 is 27.1 Å². The fourth-order valence-corrected chi connectivity index (χ4v) is 6.34. The fourth-order valence-electron chi connectivity index (χ4n) is 3.88. The van der Waals surface area contributed by atoms with Gasteiger partial charge in [0.05, 0.1) is 28.4 Å². The molecule has 13 heteroatoms. The zero-order chi connectivity index (χ0) is 31.1. The Bertz CT molecular complexity index is 1770. The van der Waals surface area contributed by atoms with Gasteiger partial charge in [0.15, 0.2) is 11.5 Å². The summed E-state index contributed by atoms with van der Waals surface area (Å²) in [6.45, 7) is 1.24. The monoisotopic (exact) mass is 707 g/mol. The second-order valence-corrected chi connectivity index (χ2v) is 12.7. The van der Waals surface area contributed by atoms with Crippen LogP contribution in [0.1, 0.15) is 16.7 Å².